The molecule has 19 heavy (non-hydrogen) atoms. The van der Waals surface area contributed by atoms with Crippen LogP contribution >= 0.6 is 0 Å². The lowest BCUT2D eigenvalue weighted by Gasteiger charge is -2.37. The van der Waals surface area contributed by atoms with Gasteiger partial charge in [-0.1, -0.05) is 11.7 Å². The van der Waals surface area contributed by atoms with Crippen molar-refractivity contribution < 1.29 is 9.32 Å². The summed E-state index contributed by atoms with van der Waals surface area (Å²) in [5, 5.41) is 4.04. The second kappa shape index (κ2) is 4.77. The van der Waals surface area contributed by atoms with Gasteiger partial charge in [-0.25, -0.2) is 0 Å². The van der Waals surface area contributed by atoms with Crippen LogP contribution in [-0.4, -0.2) is 52.5 Å². The van der Waals surface area contributed by atoms with Crippen molar-refractivity contribution in [1.82, 2.24) is 19.9 Å². The standard InChI is InChI=1S/C13H18N4O2/c1-3-11(18)17-7-6-16(2)10(8-17)13-14-12(15-19-13)9-4-5-9/h3,9-10H,1,4-8H2,2H3/t10-/m1/s1. The van der Waals surface area contributed by atoms with E-state index >= 15 is 0 Å². The third-order valence-corrected chi connectivity index (χ3v) is 3.82. The van der Waals surface area contributed by atoms with Gasteiger partial charge >= 0.3 is 0 Å². The predicted octanol–water partition coefficient (Wildman–Crippen LogP) is 0.948. The van der Waals surface area contributed by atoms with Crippen LogP contribution in [-0.2, 0) is 4.79 Å². The highest BCUT2D eigenvalue weighted by atomic mass is 16.5. The zero-order valence-electron chi connectivity index (χ0n) is 11.1. The van der Waals surface area contributed by atoms with Crippen molar-refractivity contribution in [3.63, 3.8) is 0 Å². The molecule has 1 atom stereocenters. The fraction of sp³-hybridized carbons (Fsp3) is 0.615. The second-order valence-corrected chi connectivity index (χ2v) is 5.25. The zero-order valence-corrected chi connectivity index (χ0v) is 11.1. The molecule has 6 nitrogen and oxygen atoms in total. The predicted molar refractivity (Wildman–Crippen MR) is 68.4 cm³/mol. The first-order valence-corrected chi connectivity index (χ1v) is 6.64. The summed E-state index contributed by atoms with van der Waals surface area (Å²) in [4.78, 5) is 20.1. The number of amides is 1. The Hall–Kier alpha value is -1.69. The van der Waals surface area contributed by atoms with E-state index in [1.165, 1.54) is 6.08 Å². The van der Waals surface area contributed by atoms with Crippen LogP contribution in [0.25, 0.3) is 0 Å². The van der Waals surface area contributed by atoms with E-state index in [9.17, 15) is 4.79 Å². The monoisotopic (exact) mass is 262 g/mol. The highest BCUT2D eigenvalue weighted by Gasteiger charge is 2.34. The smallest absolute Gasteiger partial charge is 0.246 e. The van der Waals surface area contributed by atoms with Gasteiger partial charge in [0.25, 0.3) is 0 Å². The number of carbonyl (C=O) groups is 1. The first-order valence-electron chi connectivity index (χ1n) is 6.64. The van der Waals surface area contributed by atoms with Crippen LogP contribution in [0.2, 0.25) is 0 Å². The molecule has 1 aromatic heterocycles. The summed E-state index contributed by atoms with van der Waals surface area (Å²) >= 11 is 0. The topological polar surface area (TPSA) is 62.5 Å². The lowest BCUT2D eigenvalue weighted by molar-refractivity contribution is -0.129. The molecule has 2 heterocycles. The Kier molecular flexibility index (Phi) is 3.10. The number of aromatic nitrogens is 2. The van der Waals surface area contributed by atoms with Crippen molar-refractivity contribution in [1.29, 1.82) is 0 Å². The van der Waals surface area contributed by atoms with E-state index in [1.807, 2.05) is 7.05 Å². The van der Waals surface area contributed by atoms with Crippen LogP contribution in [0.4, 0.5) is 0 Å². The Labute approximate surface area is 112 Å². The van der Waals surface area contributed by atoms with E-state index < -0.39 is 0 Å². The average Bonchev–Trinajstić information content (AvgIpc) is 3.17. The quantitative estimate of drug-likeness (QED) is 0.759. The summed E-state index contributed by atoms with van der Waals surface area (Å²) in [5.41, 5.74) is 0. The Morgan fingerprint density at radius 2 is 2.26 bits per heavy atom. The fourth-order valence-electron chi connectivity index (χ4n) is 2.36. The maximum absolute atomic E-state index is 11.7. The van der Waals surface area contributed by atoms with Gasteiger partial charge in [-0.3, -0.25) is 9.69 Å². The van der Waals surface area contributed by atoms with Crippen LogP contribution in [0, 0.1) is 0 Å². The molecule has 0 unspecified atom stereocenters. The van der Waals surface area contributed by atoms with Crippen molar-refractivity contribution in [2.75, 3.05) is 26.7 Å². The van der Waals surface area contributed by atoms with Crippen molar-refractivity contribution in [3.8, 4) is 0 Å². The maximum Gasteiger partial charge on any atom is 0.246 e. The SMILES string of the molecule is C=CC(=O)N1CCN(C)[C@@H](c2nc(C3CC3)no2)C1. The van der Waals surface area contributed by atoms with Crippen LogP contribution in [0.1, 0.15) is 36.5 Å². The number of nitrogens with zero attached hydrogens (tertiary/aromatic N) is 4. The summed E-state index contributed by atoms with van der Waals surface area (Å²) < 4.78 is 5.37. The number of hydrogen-bond donors (Lipinski definition) is 0. The Morgan fingerprint density at radius 3 is 2.95 bits per heavy atom. The molecular weight excluding hydrogens is 244 g/mol. The van der Waals surface area contributed by atoms with Gasteiger partial charge in [0.1, 0.15) is 6.04 Å². The molecule has 2 fully saturated rings. The molecule has 1 aliphatic carbocycles. The largest absolute Gasteiger partial charge is 0.338 e. The number of piperazine rings is 1. The van der Waals surface area contributed by atoms with Crippen molar-refractivity contribution in [3.05, 3.63) is 24.4 Å². The highest BCUT2D eigenvalue weighted by molar-refractivity contribution is 5.87. The molecule has 0 radical (unpaired) electrons. The summed E-state index contributed by atoms with van der Waals surface area (Å²) in [6, 6.07) is -0.0161. The maximum atomic E-state index is 11.7. The van der Waals surface area contributed by atoms with Crippen LogP contribution in [0.5, 0.6) is 0 Å². The van der Waals surface area contributed by atoms with Gasteiger partial charge < -0.3 is 9.42 Å². The summed E-state index contributed by atoms with van der Waals surface area (Å²) in [5.74, 6) is 1.87. The molecule has 0 N–H and O–H groups in total. The van der Waals surface area contributed by atoms with Gasteiger partial charge in [-0.2, -0.15) is 4.98 Å². The van der Waals surface area contributed by atoms with Crippen molar-refractivity contribution in [2.45, 2.75) is 24.8 Å². The lowest BCUT2D eigenvalue weighted by Crippen LogP contribution is -2.48. The molecule has 1 saturated carbocycles. The molecule has 1 amide bonds. The van der Waals surface area contributed by atoms with E-state index in [2.05, 4.69) is 21.6 Å². The number of likely N-dealkylation sites (N-methyl/N-ethyl adjacent to an activating group) is 1. The molecule has 0 spiro atoms. The van der Waals surface area contributed by atoms with Crippen molar-refractivity contribution >= 4 is 5.91 Å². The molecule has 6 heteroatoms. The molecule has 0 aromatic carbocycles. The van der Waals surface area contributed by atoms with E-state index in [0.717, 1.165) is 25.2 Å². The van der Waals surface area contributed by atoms with Gasteiger partial charge in [-0.05, 0) is 26.0 Å². The molecule has 0 bridgehead atoms. The highest BCUT2D eigenvalue weighted by Crippen LogP contribution is 2.38. The van der Waals surface area contributed by atoms with E-state index in [4.69, 9.17) is 4.52 Å². The van der Waals surface area contributed by atoms with Crippen molar-refractivity contribution in [2.24, 2.45) is 0 Å². The minimum atomic E-state index is -0.0416. The number of carbonyl (C=O) groups excluding carboxylic acids is 1. The first-order chi connectivity index (χ1) is 9.19. The van der Waals surface area contributed by atoms with Gasteiger partial charge in [0.05, 0.1) is 0 Å². The lowest BCUT2D eigenvalue weighted by atomic mass is 10.1. The molecule has 1 saturated heterocycles. The fourth-order valence-corrected chi connectivity index (χ4v) is 2.36. The third kappa shape index (κ3) is 2.40. The summed E-state index contributed by atoms with van der Waals surface area (Å²) in [7, 11) is 2.02. The normalized spacial score (nSPS) is 24.5. The molecular formula is C13H18N4O2. The first kappa shape index (κ1) is 12.3. The molecule has 102 valence electrons. The van der Waals surface area contributed by atoms with Crippen LogP contribution in [0.3, 0.4) is 0 Å². The van der Waals surface area contributed by atoms with E-state index in [0.29, 0.717) is 24.9 Å². The average molecular weight is 262 g/mol. The second-order valence-electron chi connectivity index (χ2n) is 5.25. The van der Waals surface area contributed by atoms with Gasteiger partial charge in [-0.15, -0.1) is 0 Å². The van der Waals surface area contributed by atoms with E-state index in [-0.39, 0.29) is 11.9 Å². The molecule has 2 aliphatic rings. The summed E-state index contributed by atoms with van der Waals surface area (Å²) in [6.45, 7) is 5.62. The van der Waals surface area contributed by atoms with E-state index in [1.54, 1.807) is 4.90 Å². The van der Waals surface area contributed by atoms with Gasteiger partial charge in [0.2, 0.25) is 11.8 Å². The number of rotatable bonds is 3. The number of hydrogen-bond acceptors (Lipinski definition) is 5. The summed E-state index contributed by atoms with van der Waals surface area (Å²) in [6.07, 6.45) is 3.66. The van der Waals surface area contributed by atoms with Gasteiger partial charge in [0, 0.05) is 25.6 Å². The third-order valence-electron chi connectivity index (χ3n) is 3.82. The zero-order chi connectivity index (χ0) is 13.4. The Morgan fingerprint density at radius 1 is 1.47 bits per heavy atom. The van der Waals surface area contributed by atoms with Crippen LogP contribution < -0.4 is 0 Å². The molecule has 1 aromatic rings. The van der Waals surface area contributed by atoms with Gasteiger partial charge in [0.15, 0.2) is 5.82 Å². The Bertz CT molecular complexity index is 495. The van der Waals surface area contributed by atoms with Crippen LogP contribution in [0.15, 0.2) is 17.2 Å². The minimum absolute atomic E-state index is 0.0161. The minimum Gasteiger partial charge on any atom is -0.338 e. The molecule has 3 rings (SSSR count). The molecule has 1 aliphatic heterocycles. The Balaban J connectivity index is 1.76.